The van der Waals surface area contributed by atoms with Crippen LogP contribution in [0.15, 0.2) is 4.99 Å². The van der Waals surface area contributed by atoms with Crippen LogP contribution < -0.4 is 38.9 Å². The van der Waals surface area contributed by atoms with Crippen LogP contribution in [-0.4, -0.2) is 71.9 Å². The second-order valence-electron chi connectivity index (χ2n) is 6.14. The van der Waals surface area contributed by atoms with Crippen molar-refractivity contribution >= 4 is 35.6 Å². The van der Waals surface area contributed by atoms with Crippen LogP contribution in [0.5, 0.6) is 0 Å². The number of guanidine groups is 1. The first kappa shape index (κ1) is 25.6. The highest BCUT2D eigenvalue weighted by Gasteiger charge is 2.28. The number of aliphatic imine (C=N–C) groups is 1. The number of nitrogens with one attached hydrogen (secondary N) is 3. The summed E-state index contributed by atoms with van der Waals surface area (Å²) in [4.78, 5) is 62.1. The number of amides is 4. The SMILES string of the molecule is CC(N)C(=O)NC(CC(N)=O)C(=O)NC(CCCN=C(N)N)C(=O)NCC(=O)O. The minimum absolute atomic E-state index is 0.0541. The van der Waals surface area contributed by atoms with Crippen molar-refractivity contribution in [2.45, 2.75) is 44.3 Å². The molecule has 0 heterocycles. The maximum Gasteiger partial charge on any atom is 0.322 e. The molecule has 0 aliphatic rings. The Kier molecular flexibility index (Phi) is 11.4. The standard InChI is InChI=1S/C15H28N8O6/c1-7(16)12(27)23-9(5-10(17)24)14(29)22-8(3-2-4-20-15(18)19)13(28)21-6-11(25)26/h7-9H,2-6,16H2,1H3,(H2,17,24)(H,21,28)(H,22,29)(H,23,27)(H,25,26)(H4,18,19,20). The molecule has 0 spiro atoms. The van der Waals surface area contributed by atoms with Crippen LogP contribution in [0.2, 0.25) is 0 Å². The number of nitrogens with zero attached hydrogens (tertiary/aromatic N) is 1. The van der Waals surface area contributed by atoms with Gasteiger partial charge in [-0.05, 0) is 19.8 Å². The van der Waals surface area contributed by atoms with Crippen molar-refractivity contribution in [1.29, 1.82) is 0 Å². The van der Waals surface area contributed by atoms with E-state index < -0.39 is 60.7 Å². The number of carboxylic acid groups (broad SMARTS) is 1. The average molecular weight is 416 g/mol. The highest BCUT2D eigenvalue weighted by molar-refractivity contribution is 5.95. The number of rotatable bonds is 13. The summed E-state index contributed by atoms with van der Waals surface area (Å²) < 4.78 is 0. The molecule has 4 amide bonds. The van der Waals surface area contributed by atoms with E-state index in [1.165, 1.54) is 6.92 Å². The van der Waals surface area contributed by atoms with Gasteiger partial charge in [-0.1, -0.05) is 0 Å². The molecule has 164 valence electrons. The molecular weight excluding hydrogens is 388 g/mol. The molecule has 29 heavy (non-hydrogen) atoms. The summed E-state index contributed by atoms with van der Waals surface area (Å²) >= 11 is 0. The fourth-order valence-electron chi connectivity index (χ4n) is 2.04. The van der Waals surface area contributed by atoms with Gasteiger partial charge in [0.1, 0.15) is 18.6 Å². The Morgan fingerprint density at radius 1 is 0.966 bits per heavy atom. The normalized spacial score (nSPS) is 13.3. The van der Waals surface area contributed by atoms with Gasteiger partial charge in [-0.3, -0.25) is 29.0 Å². The van der Waals surface area contributed by atoms with Gasteiger partial charge >= 0.3 is 5.97 Å². The third-order valence-electron chi connectivity index (χ3n) is 3.44. The lowest BCUT2D eigenvalue weighted by atomic mass is 10.1. The molecule has 0 saturated carbocycles. The zero-order chi connectivity index (χ0) is 22.6. The first-order valence-electron chi connectivity index (χ1n) is 8.63. The number of carbonyl (C=O) groups is 5. The van der Waals surface area contributed by atoms with E-state index in [1.54, 1.807) is 0 Å². The summed E-state index contributed by atoms with van der Waals surface area (Å²) in [5.74, 6) is -4.64. The van der Waals surface area contributed by atoms with Crippen LogP contribution in [-0.2, 0) is 24.0 Å². The molecule has 0 aliphatic carbocycles. The Morgan fingerprint density at radius 2 is 1.55 bits per heavy atom. The van der Waals surface area contributed by atoms with E-state index in [0.717, 1.165) is 0 Å². The van der Waals surface area contributed by atoms with E-state index in [2.05, 4.69) is 20.9 Å². The molecule has 0 radical (unpaired) electrons. The van der Waals surface area contributed by atoms with Gasteiger partial charge < -0.3 is 44.0 Å². The van der Waals surface area contributed by atoms with E-state index in [0.29, 0.717) is 0 Å². The molecule has 12 N–H and O–H groups in total. The molecule has 0 aliphatic heterocycles. The van der Waals surface area contributed by atoms with Gasteiger partial charge in [0.05, 0.1) is 12.5 Å². The fraction of sp³-hybridized carbons (Fsp3) is 0.600. The molecule has 14 heteroatoms. The van der Waals surface area contributed by atoms with Gasteiger partial charge in [0, 0.05) is 6.54 Å². The van der Waals surface area contributed by atoms with Crippen LogP contribution in [0.3, 0.4) is 0 Å². The molecule has 0 bridgehead atoms. The van der Waals surface area contributed by atoms with Gasteiger partial charge in [-0.15, -0.1) is 0 Å². The minimum atomic E-state index is -1.36. The van der Waals surface area contributed by atoms with Gasteiger partial charge in [0.15, 0.2) is 5.96 Å². The Morgan fingerprint density at radius 3 is 2.03 bits per heavy atom. The summed E-state index contributed by atoms with van der Waals surface area (Å²) in [6, 6.07) is -3.48. The molecule has 0 aromatic rings. The van der Waals surface area contributed by atoms with Crippen molar-refractivity contribution in [2.24, 2.45) is 27.9 Å². The molecule has 3 unspecified atom stereocenters. The van der Waals surface area contributed by atoms with Gasteiger partial charge in [0.2, 0.25) is 23.6 Å². The first-order valence-corrected chi connectivity index (χ1v) is 8.63. The summed E-state index contributed by atoms with van der Waals surface area (Å²) in [7, 11) is 0. The van der Waals surface area contributed by atoms with Crippen molar-refractivity contribution in [3.63, 3.8) is 0 Å². The van der Waals surface area contributed by atoms with Crippen molar-refractivity contribution in [2.75, 3.05) is 13.1 Å². The maximum atomic E-state index is 12.5. The number of hydrogen-bond acceptors (Lipinski definition) is 7. The monoisotopic (exact) mass is 416 g/mol. The van der Waals surface area contributed by atoms with E-state index in [-0.39, 0.29) is 25.3 Å². The zero-order valence-corrected chi connectivity index (χ0v) is 16.0. The summed E-state index contributed by atoms with van der Waals surface area (Å²) in [6.07, 6.45) is -0.198. The van der Waals surface area contributed by atoms with Crippen LogP contribution in [0.1, 0.15) is 26.2 Å². The van der Waals surface area contributed by atoms with Crippen LogP contribution in [0.4, 0.5) is 0 Å². The third-order valence-corrected chi connectivity index (χ3v) is 3.44. The molecular formula is C15H28N8O6. The quantitative estimate of drug-likeness (QED) is 0.0814. The molecule has 0 rings (SSSR count). The summed E-state index contributed by atoms with van der Waals surface area (Å²) in [5, 5.41) is 15.4. The van der Waals surface area contributed by atoms with Crippen molar-refractivity contribution in [3.8, 4) is 0 Å². The van der Waals surface area contributed by atoms with Crippen molar-refractivity contribution in [3.05, 3.63) is 0 Å². The Hall–Kier alpha value is -3.42. The molecule has 3 atom stereocenters. The lowest BCUT2D eigenvalue weighted by Gasteiger charge is -2.23. The highest BCUT2D eigenvalue weighted by atomic mass is 16.4. The number of aliphatic carboxylic acids is 1. The predicted octanol–water partition coefficient (Wildman–Crippen LogP) is -4.57. The topological polar surface area (TPSA) is 258 Å². The number of carboxylic acids is 1. The van der Waals surface area contributed by atoms with Gasteiger partial charge in [-0.25, -0.2) is 0 Å². The van der Waals surface area contributed by atoms with E-state index in [9.17, 15) is 24.0 Å². The average Bonchev–Trinajstić information content (AvgIpc) is 2.60. The van der Waals surface area contributed by atoms with Crippen LogP contribution in [0, 0.1) is 0 Å². The van der Waals surface area contributed by atoms with Crippen molar-refractivity contribution < 1.29 is 29.1 Å². The Labute approximate surface area is 166 Å². The fourth-order valence-corrected chi connectivity index (χ4v) is 2.04. The number of nitrogens with two attached hydrogens (primary N) is 4. The molecule has 0 aromatic carbocycles. The highest BCUT2D eigenvalue weighted by Crippen LogP contribution is 2.02. The molecule has 0 fully saturated rings. The van der Waals surface area contributed by atoms with Crippen molar-refractivity contribution in [1.82, 2.24) is 16.0 Å². The second kappa shape index (κ2) is 12.9. The molecule has 0 aromatic heterocycles. The maximum absolute atomic E-state index is 12.5. The summed E-state index contributed by atoms with van der Waals surface area (Å²) in [5.41, 5.74) is 20.9. The zero-order valence-electron chi connectivity index (χ0n) is 16.0. The molecule has 14 nitrogen and oxygen atoms in total. The van der Waals surface area contributed by atoms with E-state index in [4.69, 9.17) is 28.0 Å². The number of hydrogen-bond donors (Lipinski definition) is 8. The number of primary amides is 1. The van der Waals surface area contributed by atoms with Gasteiger partial charge in [0.25, 0.3) is 0 Å². The largest absolute Gasteiger partial charge is 0.480 e. The summed E-state index contributed by atoms with van der Waals surface area (Å²) in [6.45, 7) is 0.874. The van der Waals surface area contributed by atoms with E-state index in [1.807, 2.05) is 0 Å². The Balaban J connectivity index is 5.23. The third kappa shape index (κ3) is 11.8. The first-order chi connectivity index (χ1) is 13.4. The van der Waals surface area contributed by atoms with Gasteiger partial charge in [-0.2, -0.15) is 0 Å². The van der Waals surface area contributed by atoms with Crippen LogP contribution >= 0.6 is 0 Å². The second-order valence-corrected chi connectivity index (χ2v) is 6.14. The Bertz CT molecular complexity index is 647. The smallest absolute Gasteiger partial charge is 0.322 e. The van der Waals surface area contributed by atoms with E-state index >= 15 is 0 Å². The minimum Gasteiger partial charge on any atom is -0.480 e. The molecule has 0 saturated heterocycles. The van der Waals surface area contributed by atoms with Crippen LogP contribution in [0.25, 0.3) is 0 Å². The lowest BCUT2D eigenvalue weighted by Crippen LogP contribution is -2.56. The lowest BCUT2D eigenvalue weighted by molar-refractivity contribution is -0.138. The number of carbonyl (C=O) groups excluding carboxylic acids is 4. The predicted molar refractivity (Wildman–Crippen MR) is 102 cm³/mol.